The molecule has 0 bridgehead atoms. The Morgan fingerprint density at radius 2 is 1.85 bits per heavy atom. The van der Waals surface area contributed by atoms with Crippen molar-refractivity contribution in [2.45, 2.75) is 58.3 Å². The van der Waals surface area contributed by atoms with Gasteiger partial charge in [0.2, 0.25) is 17.7 Å². The van der Waals surface area contributed by atoms with E-state index in [-0.39, 0.29) is 30.1 Å². The molecule has 8 heteroatoms. The van der Waals surface area contributed by atoms with Crippen LogP contribution in [0.4, 0.5) is 5.69 Å². The van der Waals surface area contributed by atoms with Gasteiger partial charge in [0.05, 0.1) is 17.9 Å². The maximum absolute atomic E-state index is 13.5. The summed E-state index contributed by atoms with van der Waals surface area (Å²) < 4.78 is 5.99. The Hall–Kier alpha value is -3.06. The lowest BCUT2D eigenvalue weighted by molar-refractivity contribution is -0.143. The first kappa shape index (κ1) is 27.5. The van der Waals surface area contributed by atoms with Crippen LogP contribution < -0.4 is 15.0 Å². The van der Waals surface area contributed by atoms with E-state index in [4.69, 9.17) is 16.3 Å². The predicted molar refractivity (Wildman–Crippen MR) is 152 cm³/mol. The fraction of sp³-hybridized carbons (Fsp3) is 0.516. The molecule has 3 heterocycles. The van der Waals surface area contributed by atoms with E-state index in [1.54, 1.807) is 11.0 Å². The third-order valence-corrected chi connectivity index (χ3v) is 9.05. The quantitative estimate of drug-likeness (QED) is 0.574. The molecule has 7 nitrogen and oxygen atoms in total. The molecule has 1 spiro atoms. The van der Waals surface area contributed by atoms with Gasteiger partial charge in [0.1, 0.15) is 5.75 Å². The van der Waals surface area contributed by atoms with E-state index >= 15 is 0 Å². The van der Waals surface area contributed by atoms with E-state index < -0.39 is 5.41 Å². The second-order valence-corrected chi connectivity index (χ2v) is 11.6. The van der Waals surface area contributed by atoms with Gasteiger partial charge in [-0.1, -0.05) is 42.3 Å². The zero-order valence-corrected chi connectivity index (χ0v) is 23.5. The molecule has 3 aliphatic heterocycles. The number of rotatable bonds is 2. The van der Waals surface area contributed by atoms with Gasteiger partial charge in [-0.05, 0) is 74.8 Å². The van der Waals surface area contributed by atoms with Crippen LogP contribution in [-0.4, -0.2) is 55.4 Å². The topological polar surface area (TPSA) is 79.0 Å². The number of aryl methyl sites for hydroxylation is 2. The van der Waals surface area contributed by atoms with E-state index in [2.05, 4.69) is 11.4 Å². The normalized spacial score (nSPS) is 22.3. The average molecular weight is 552 g/mol. The standard InChI is InChI=1S/C31H38ClN3O4/c1-22-10-11-25(20-26(22)32)35-21-24(19-28(35)36)29(37)34-16-13-31(14-17-34)12-5-4-8-23-7-2-3-9-27(23)39-18-6-15-33-30(31)38/h2-3,7,9-11,20,24H,4-6,8,12-19,21H2,1H3,(H,33,38). The van der Waals surface area contributed by atoms with E-state index in [1.807, 2.05) is 42.2 Å². The van der Waals surface area contributed by atoms with Crippen LogP contribution in [0.1, 0.15) is 56.1 Å². The number of hydrogen-bond acceptors (Lipinski definition) is 4. The number of para-hydroxylation sites is 1. The number of likely N-dealkylation sites (tertiary alicyclic amines) is 1. The first-order chi connectivity index (χ1) is 18.9. The fourth-order valence-electron chi connectivity index (χ4n) is 6.15. The summed E-state index contributed by atoms with van der Waals surface area (Å²) in [6.07, 6.45) is 5.92. The number of piperidine rings is 1. The first-order valence-electron chi connectivity index (χ1n) is 14.2. The molecular weight excluding hydrogens is 514 g/mol. The molecule has 2 saturated heterocycles. The number of ether oxygens (including phenoxy) is 1. The molecule has 1 unspecified atom stereocenters. The van der Waals surface area contributed by atoms with E-state index in [1.165, 1.54) is 5.56 Å². The Kier molecular flexibility index (Phi) is 8.46. The van der Waals surface area contributed by atoms with Crippen molar-refractivity contribution < 1.29 is 19.1 Å². The number of nitrogens with zero attached hydrogens (tertiary/aromatic N) is 2. The SMILES string of the molecule is Cc1ccc(N2CC(C(=O)N3CCC4(CCCCc5ccccc5OCCCNC4=O)CC3)CC2=O)cc1Cl. The average Bonchev–Trinajstić information content (AvgIpc) is 3.34. The molecule has 3 amide bonds. The van der Waals surface area contributed by atoms with Gasteiger partial charge in [0, 0.05) is 43.3 Å². The highest BCUT2D eigenvalue weighted by molar-refractivity contribution is 6.31. The van der Waals surface area contributed by atoms with E-state index in [0.29, 0.717) is 50.7 Å². The third kappa shape index (κ3) is 6.08. The monoisotopic (exact) mass is 551 g/mol. The minimum Gasteiger partial charge on any atom is -0.493 e. The van der Waals surface area contributed by atoms with Crippen LogP contribution in [0, 0.1) is 18.3 Å². The Morgan fingerprint density at radius 3 is 2.64 bits per heavy atom. The summed E-state index contributed by atoms with van der Waals surface area (Å²) in [5.41, 5.74) is 2.45. The summed E-state index contributed by atoms with van der Waals surface area (Å²) in [5, 5.41) is 3.77. The number of halogens is 1. The summed E-state index contributed by atoms with van der Waals surface area (Å²) in [6, 6.07) is 13.8. The zero-order chi connectivity index (χ0) is 27.4. The van der Waals surface area contributed by atoms with Crippen LogP contribution in [0.5, 0.6) is 5.75 Å². The summed E-state index contributed by atoms with van der Waals surface area (Å²) in [7, 11) is 0. The Balaban J connectivity index is 1.21. The van der Waals surface area contributed by atoms with E-state index in [9.17, 15) is 14.4 Å². The molecule has 0 aromatic heterocycles. The van der Waals surface area contributed by atoms with Crippen LogP contribution >= 0.6 is 11.6 Å². The molecule has 0 radical (unpaired) electrons. The summed E-state index contributed by atoms with van der Waals surface area (Å²) in [6.45, 7) is 4.51. The van der Waals surface area contributed by atoms with Crippen LogP contribution in [-0.2, 0) is 20.8 Å². The van der Waals surface area contributed by atoms with Gasteiger partial charge in [-0.2, -0.15) is 0 Å². The molecule has 5 rings (SSSR count). The van der Waals surface area contributed by atoms with Gasteiger partial charge >= 0.3 is 0 Å². The molecule has 2 aromatic carbocycles. The third-order valence-electron chi connectivity index (χ3n) is 8.64. The number of carbonyl (C=O) groups is 3. The van der Waals surface area contributed by atoms with Crippen molar-refractivity contribution in [1.29, 1.82) is 0 Å². The van der Waals surface area contributed by atoms with Crippen molar-refractivity contribution in [1.82, 2.24) is 10.2 Å². The minimum absolute atomic E-state index is 0.0118. The van der Waals surface area contributed by atoms with Crippen molar-refractivity contribution in [3.63, 3.8) is 0 Å². The summed E-state index contributed by atoms with van der Waals surface area (Å²) >= 11 is 6.28. The lowest BCUT2D eigenvalue weighted by Crippen LogP contribution is -2.51. The Labute approximate surface area is 235 Å². The maximum Gasteiger partial charge on any atom is 0.228 e. The number of nitrogens with one attached hydrogen (secondary N) is 1. The Morgan fingerprint density at radius 1 is 1.05 bits per heavy atom. The Bertz CT molecular complexity index is 1220. The van der Waals surface area contributed by atoms with Crippen LogP contribution in [0.25, 0.3) is 0 Å². The number of hydrogen-bond donors (Lipinski definition) is 1. The zero-order valence-electron chi connectivity index (χ0n) is 22.7. The highest BCUT2D eigenvalue weighted by Gasteiger charge is 2.44. The van der Waals surface area contributed by atoms with Gasteiger partial charge < -0.3 is 19.9 Å². The number of fused-ring (bicyclic) bond motifs is 1. The van der Waals surface area contributed by atoms with Crippen molar-refractivity contribution in [3.8, 4) is 5.75 Å². The van der Waals surface area contributed by atoms with Gasteiger partial charge in [-0.3, -0.25) is 14.4 Å². The number of carbonyl (C=O) groups excluding carboxylic acids is 3. The largest absolute Gasteiger partial charge is 0.493 e. The molecule has 39 heavy (non-hydrogen) atoms. The molecule has 1 atom stereocenters. The number of anilines is 1. The van der Waals surface area contributed by atoms with Crippen molar-refractivity contribution >= 4 is 35.0 Å². The summed E-state index contributed by atoms with van der Waals surface area (Å²) in [5.74, 6) is 0.629. The van der Waals surface area contributed by atoms with Crippen LogP contribution in [0.3, 0.4) is 0 Å². The summed E-state index contributed by atoms with van der Waals surface area (Å²) in [4.78, 5) is 43.2. The maximum atomic E-state index is 13.5. The molecule has 0 aliphatic carbocycles. The van der Waals surface area contributed by atoms with Crippen molar-refractivity contribution in [2.75, 3.05) is 37.7 Å². The molecule has 2 fully saturated rings. The molecular formula is C31H38ClN3O4. The van der Waals surface area contributed by atoms with Crippen LogP contribution in [0.2, 0.25) is 5.02 Å². The molecule has 3 aliphatic rings. The highest BCUT2D eigenvalue weighted by Crippen LogP contribution is 2.39. The van der Waals surface area contributed by atoms with Gasteiger partial charge in [-0.25, -0.2) is 0 Å². The van der Waals surface area contributed by atoms with Gasteiger partial charge in [-0.15, -0.1) is 0 Å². The molecule has 208 valence electrons. The van der Waals surface area contributed by atoms with Crippen molar-refractivity contribution in [2.24, 2.45) is 11.3 Å². The van der Waals surface area contributed by atoms with Gasteiger partial charge in [0.25, 0.3) is 0 Å². The lowest BCUT2D eigenvalue weighted by Gasteiger charge is -2.41. The van der Waals surface area contributed by atoms with Gasteiger partial charge in [0.15, 0.2) is 0 Å². The van der Waals surface area contributed by atoms with E-state index in [0.717, 1.165) is 49.1 Å². The number of amides is 3. The fourth-order valence-corrected chi connectivity index (χ4v) is 6.32. The molecule has 2 aromatic rings. The van der Waals surface area contributed by atoms with Crippen LogP contribution in [0.15, 0.2) is 42.5 Å². The highest BCUT2D eigenvalue weighted by atomic mass is 35.5. The second-order valence-electron chi connectivity index (χ2n) is 11.2. The predicted octanol–water partition coefficient (Wildman–Crippen LogP) is 4.92. The van der Waals surface area contributed by atoms with Crippen molar-refractivity contribution in [3.05, 3.63) is 58.6 Å². The minimum atomic E-state index is -0.457. The molecule has 0 saturated carbocycles. The first-order valence-corrected chi connectivity index (χ1v) is 14.6. The number of benzene rings is 2. The second kappa shape index (κ2) is 12.0. The smallest absolute Gasteiger partial charge is 0.228 e. The lowest BCUT2D eigenvalue weighted by atomic mass is 9.73. The molecule has 1 N–H and O–H groups in total.